The molecule has 4 N–H and O–H groups in total. The van der Waals surface area contributed by atoms with Crippen LogP contribution in [0.1, 0.15) is 46.1 Å². The molecule has 0 saturated heterocycles. The standard InChI is InChI=1S/C19H36N2O3Si/c1-5-22-25(23-6-2,14-10-13-20)24-19(4,15-17(3)21)16-18-11-8-7-9-12-18/h7-9,11-12,17H,5-6,10,13-16,20-21H2,1-4H3. The van der Waals surface area contributed by atoms with E-state index >= 15 is 0 Å². The van der Waals surface area contributed by atoms with E-state index in [0.29, 0.717) is 19.8 Å². The van der Waals surface area contributed by atoms with E-state index in [1.165, 1.54) is 5.56 Å². The third kappa shape index (κ3) is 7.98. The van der Waals surface area contributed by atoms with Crippen molar-refractivity contribution < 1.29 is 13.3 Å². The normalized spacial score (nSPS) is 15.8. The van der Waals surface area contributed by atoms with Crippen molar-refractivity contribution in [2.45, 2.75) is 64.6 Å². The molecule has 0 aliphatic heterocycles. The lowest BCUT2D eigenvalue weighted by Gasteiger charge is -2.40. The summed E-state index contributed by atoms with van der Waals surface area (Å²) in [5.41, 5.74) is 12.6. The Morgan fingerprint density at radius 3 is 2.20 bits per heavy atom. The highest BCUT2D eigenvalue weighted by Crippen LogP contribution is 2.31. The van der Waals surface area contributed by atoms with Crippen LogP contribution in [0.5, 0.6) is 0 Å². The largest absolute Gasteiger partial charge is 0.501 e. The van der Waals surface area contributed by atoms with Crippen molar-refractivity contribution in [3.63, 3.8) is 0 Å². The molecule has 2 unspecified atom stereocenters. The zero-order valence-corrected chi connectivity index (χ0v) is 17.3. The summed E-state index contributed by atoms with van der Waals surface area (Å²) >= 11 is 0. The van der Waals surface area contributed by atoms with Gasteiger partial charge < -0.3 is 24.7 Å². The Kier molecular flexibility index (Phi) is 9.85. The lowest BCUT2D eigenvalue weighted by Crippen LogP contribution is -2.54. The van der Waals surface area contributed by atoms with E-state index in [9.17, 15) is 0 Å². The van der Waals surface area contributed by atoms with Gasteiger partial charge in [-0.1, -0.05) is 30.3 Å². The van der Waals surface area contributed by atoms with Gasteiger partial charge in [0.05, 0.1) is 5.60 Å². The van der Waals surface area contributed by atoms with Crippen LogP contribution in [0.25, 0.3) is 0 Å². The smallest absolute Gasteiger partial charge is 0.374 e. The summed E-state index contributed by atoms with van der Waals surface area (Å²) in [7, 11) is -2.81. The summed E-state index contributed by atoms with van der Waals surface area (Å²) in [4.78, 5) is 0. The number of nitrogens with two attached hydrogens (primary N) is 2. The van der Waals surface area contributed by atoms with Gasteiger partial charge in [0, 0.05) is 31.7 Å². The first-order valence-corrected chi connectivity index (χ1v) is 11.3. The number of rotatable bonds is 13. The molecule has 0 bridgehead atoms. The second-order valence-electron chi connectivity index (χ2n) is 6.84. The Labute approximate surface area is 154 Å². The average molecular weight is 369 g/mol. The van der Waals surface area contributed by atoms with Crippen LogP contribution in [0.4, 0.5) is 0 Å². The maximum Gasteiger partial charge on any atom is 0.501 e. The molecule has 144 valence electrons. The van der Waals surface area contributed by atoms with E-state index in [4.69, 9.17) is 24.7 Å². The highest BCUT2D eigenvalue weighted by Gasteiger charge is 2.46. The van der Waals surface area contributed by atoms with Gasteiger partial charge in [0.1, 0.15) is 0 Å². The molecule has 2 atom stereocenters. The topological polar surface area (TPSA) is 79.7 Å². The van der Waals surface area contributed by atoms with Crippen LogP contribution in [0, 0.1) is 0 Å². The fourth-order valence-electron chi connectivity index (χ4n) is 3.29. The molecular weight excluding hydrogens is 332 g/mol. The molecule has 0 spiro atoms. The monoisotopic (exact) mass is 368 g/mol. The van der Waals surface area contributed by atoms with Crippen LogP contribution in [0.3, 0.4) is 0 Å². The average Bonchev–Trinajstić information content (AvgIpc) is 2.53. The summed E-state index contributed by atoms with van der Waals surface area (Å²) in [6.45, 7) is 9.82. The second kappa shape index (κ2) is 11.1. The van der Waals surface area contributed by atoms with Crippen molar-refractivity contribution in [3.8, 4) is 0 Å². The van der Waals surface area contributed by atoms with Crippen molar-refractivity contribution in [2.75, 3.05) is 19.8 Å². The third-order valence-electron chi connectivity index (χ3n) is 3.99. The first kappa shape index (κ1) is 22.3. The fourth-order valence-corrected chi connectivity index (χ4v) is 6.30. The lowest BCUT2D eigenvalue weighted by molar-refractivity contribution is -0.0270. The number of hydrogen-bond acceptors (Lipinski definition) is 5. The lowest BCUT2D eigenvalue weighted by atomic mass is 9.90. The summed E-state index contributed by atoms with van der Waals surface area (Å²) in [6, 6.07) is 11.1. The van der Waals surface area contributed by atoms with Gasteiger partial charge >= 0.3 is 8.80 Å². The summed E-state index contributed by atoms with van der Waals surface area (Å²) in [6.07, 6.45) is 2.33. The fraction of sp³-hybridized carbons (Fsp3) is 0.684. The summed E-state index contributed by atoms with van der Waals surface area (Å²) < 4.78 is 18.9. The quantitative estimate of drug-likeness (QED) is 0.523. The van der Waals surface area contributed by atoms with Crippen molar-refractivity contribution in [1.82, 2.24) is 0 Å². The SMILES string of the molecule is CCO[Si](CCCN)(OCC)OC(C)(Cc1ccccc1)CC(C)N. The maximum absolute atomic E-state index is 6.68. The zero-order valence-electron chi connectivity index (χ0n) is 16.3. The molecule has 1 rings (SSSR count). The predicted molar refractivity (Wildman–Crippen MR) is 105 cm³/mol. The molecule has 5 nitrogen and oxygen atoms in total. The highest BCUT2D eigenvalue weighted by atomic mass is 28.4. The van der Waals surface area contributed by atoms with E-state index < -0.39 is 14.4 Å². The Morgan fingerprint density at radius 2 is 1.72 bits per heavy atom. The molecule has 0 radical (unpaired) electrons. The van der Waals surface area contributed by atoms with Gasteiger partial charge in [-0.2, -0.15) is 0 Å². The third-order valence-corrected chi connectivity index (χ3v) is 7.22. The van der Waals surface area contributed by atoms with Crippen molar-refractivity contribution in [1.29, 1.82) is 0 Å². The van der Waals surface area contributed by atoms with E-state index in [1.807, 2.05) is 39.0 Å². The van der Waals surface area contributed by atoms with Crippen LogP contribution in [-0.4, -0.2) is 40.2 Å². The molecule has 0 aliphatic carbocycles. The summed E-state index contributed by atoms with van der Waals surface area (Å²) in [5, 5.41) is 0. The molecule has 0 amide bonds. The van der Waals surface area contributed by atoms with Gasteiger partial charge in [-0.3, -0.25) is 0 Å². The summed E-state index contributed by atoms with van der Waals surface area (Å²) in [5.74, 6) is 0. The zero-order chi connectivity index (χ0) is 18.8. The van der Waals surface area contributed by atoms with Crippen LogP contribution >= 0.6 is 0 Å². The Morgan fingerprint density at radius 1 is 1.12 bits per heavy atom. The van der Waals surface area contributed by atoms with Crippen LogP contribution in [-0.2, 0) is 19.7 Å². The van der Waals surface area contributed by atoms with Gasteiger partial charge in [0.15, 0.2) is 0 Å². The Hall–Kier alpha value is -0.763. The van der Waals surface area contributed by atoms with Crippen molar-refractivity contribution in [3.05, 3.63) is 35.9 Å². The molecule has 0 saturated carbocycles. The van der Waals surface area contributed by atoms with Gasteiger partial charge in [-0.05, 0) is 52.6 Å². The minimum absolute atomic E-state index is 0.0261. The van der Waals surface area contributed by atoms with E-state index in [0.717, 1.165) is 25.3 Å². The molecule has 0 fully saturated rings. The van der Waals surface area contributed by atoms with Crippen molar-refractivity contribution >= 4 is 8.80 Å². The Balaban J connectivity index is 3.07. The molecule has 0 heterocycles. The minimum Gasteiger partial charge on any atom is -0.374 e. The van der Waals surface area contributed by atoms with Gasteiger partial charge in [0.25, 0.3) is 0 Å². The number of benzene rings is 1. The predicted octanol–water partition coefficient (Wildman–Crippen LogP) is 3.10. The minimum atomic E-state index is -2.81. The Bertz CT molecular complexity index is 467. The molecular formula is C19H36N2O3Si. The highest BCUT2D eigenvalue weighted by molar-refractivity contribution is 6.60. The van der Waals surface area contributed by atoms with Crippen molar-refractivity contribution in [2.24, 2.45) is 11.5 Å². The van der Waals surface area contributed by atoms with Crippen LogP contribution in [0.15, 0.2) is 30.3 Å². The molecule has 0 aliphatic rings. The first-order valence-electron chi connectivity index (χ1n) is 9.36. The van der Waals surface area contributed by atoms with Crippen LogP contribution < -0.4 is 11.5 Å². The van der Waals surface area contributed by atoms with Gasteiger partial charge in [-0.25, -0.2) is 0 Å². The van der Waals surface area contributed by atoms with E-state index in [-0.39, 0.29) is 6.04 Å². The maximum atomic E-state index is 6.68. The molecule has 0 aromatic heterocycles. The number of hydrogen-bond donors (Lipinski definition) is 2. The molecule has 25 heavy (non-hydrogen) atoms. The second-order valence-corrected chi connectivity index (χ2v) is 9.48. The first-order chi connectivity index (χ1) is 11.9. The van der Waals surface area contributed by atoms with Crippen LogP contribution in [0.2, 0.25) is 6.04 Å². The molecule has 6 heteroatoms. The molecule has 1 aromatic rings. The van der Waals surface area contributed by atoms with Gasteiger partial charge in [0.2, 0.25) is 0 Å². The van der Waals surface area contributed by atoms with Gasteiger partial charge in [-0.15, -0.1) is 0 Å². The van der Waals surface area contributed by atoms with E-state index in [2.05, 4.69) is 19.1 Å². The molecule has 1 aromatic carbocycles. The van der Waals surface area contributed by atoms with E-state index in [1.54, 1.807) is 0 Å².